The van der Waals surface area contributed by atoms with Gasteiger partial charge in [-0.05, 0) is 50.3 Å². The summed E-state index contributed by atoms with van der Waals surface area (Å²) < 4.78 is 0. The van der Waals surface area contributed by atoms with Crippen molar-refractivity contribution in [2.45, 2.75) is 52.0 Å². The maximum atomic E-state index is 11.8. The van der Waals surface area contributed by atoms with Gasteiger partial charge in [0.05, 0.1) is 0 Å². The van der Waals surface area contributed by atoms with Crippen LogP contribution in [0.1, 0.15) is 56.3 Å². The molecular weight excluding hydrogens is 248 g/mol. The molecule has 0 bridgehead atoms. The Bertz CT molecular complexity index is 444. The smallest absolute Gasteiger partial charge is 0.251 e. The lowest BCUT2D eigenvalue weighted by atomic mass is 10.0. The number of rotatable bonds is 4. The highest BCUT2D eigenvalue weighted by Crippen LogP contribution is 2.25. The van der Waals surface area contributed by atoms with Crippen molar-refractivity contribution in [1.82, 2.24) is 5.32 Å². The first-order valence-corrected chi connectivity index (χ1v) is 7.84. The number of nitrogens with one attached hydrogen (secondary N) is 2. The van der Waals surface area contributed by atoms with Gasteiger partial charge >= 0.3 is 0 Å². The van der Waals surface area contributed by atoms with Gasteiger partial charge in [-0.2, -0.15) is 0 Å². The normalized spacial score (nSPS) is 22.9. The standard InChI is InChI=1S/C17H26N2O/c1-3-18-17(20)14-7-5-9-16(12-14)19-15-8-4-6-13(2)10-11-15/h5,7,9,12-13,15,19H,3-4,6,8,10-11H2,1-2H3,(H,18,20). The number of hydrogen-bond acceptors (Lipinski definition) is 2. The quantitative estimate of drug-likeness (QED) is 0.820. The molecule has 1 aliphatic carbocycles. The van der Waals surface area contributed by atoms with Gasteiger partial charge in [0.2, 0.25) is 0 Å². The van der Waals surface area contributed by atoms with Crippen LogP contribution < -0.4 is 10.6 Å². The Morgan fingerprint density at radius 1 is 1.25 bits per heavy atom. The summed E-state index contributed by atoms with van der Waals surface area (Å²) in [7, 11) is 0. The molecule has 1 amide bonds. The average molecular weight is 274 g/mol. The maximum absolute atomic E-state index is 11.8. The Labute approximate surface area is 122 Å². The lowest BCUT2D eigenvalue weighted by molar-refractivity contribution is 0.0956. The van der Waals surface area contributed by atoms with Gasteiger partial charge in [0.1, 0.15) is 0 Å². The second kappa shape index (κ2) is 7.32. The average Bonchev–Trinajstić information content (AvgIpc) is 2.64. The molecule has 2 unspecified atom stereocenters. The molecule has 0 aliphatic heterocycles. The summed E-state index contributed by atoms with van der Waals surface area (Å²) >= 11 is 0. The van der Waals surface area contributed by atoms with Gasteiger partial charge < -0.3 is 10.6 Å². The first kappa shape index (κ1) is 14.9. The van der Waals surface area contributed by atoms with Crippen LogP contribution in [0, 0.1) is 5.92 Å². The summed E-state index contributed by atoms with van der Waals surface area (Å²) in [4.78, 5) is 11.8. The van der Waals surface area contributed by atoms with Crippen LogP contribution in [0.15, 0.2) is 24.3 Å². The van der Waals surface area contributed by atoms with Crippen LogP contribution in [0.4, 0.5) is 5.69 Å². The minimum absolute atomic E-state index is 0.00522. The van der Waals surface area contributed by atoms with Crippen LogP contribution >= 0.6 is 0 Å². The molecule has 1 aliphatic rings. The summed E-state index contributed by atoms with van der Waals surface area (Å²) in [6.45, 7) is 4.95. The second-order valence-electron chi connectivity index (χ2n) is 5.89. The molecule has 1 fully saturated rings. The van der Waals surface area contributed by atoms with Crippen molar-refractivity contribution < 1.29 is 4.79 Å². The van der Waals surface area contributed by atoms with E-state index in [1.54, 1.807) is 0 Å². The lowest BCUT2D eigenvalue weighted by Gasteiger charge is -2.18. The molecular formula is C17H26N2O. The van der Waals surface area contributed by atoms with Crippen molar-refractivity contribution in [3.63, 3.8) is 0 Å². The summed E-state index contributed by atoms with van der Waals surface area (Å²) in [6, 6.07) is 8.37. The summed E-state index contributed by atoms with van der Waals surface area (Å²) in [5, 5.41) is 6.44. The fraction of sp³-hybridized carbons (Fsp3) is 0.588. The Hall–Kier alpha value is -1.51. The van der Waals surface area contributed by atoms with E-state index in [9.17, 15) is 4.79 Å². The molecule has 0 spiro atoms. The topological polar surface area (TPSA) is 41.1 Å². The molecule has 1 aromatic rings. The minimum Gasteiger partial charge on any atom is -0.382 e. The molecule has 0 saturated heterocycles. The van der Waals surface area contributed by atoms with Gasteiger partial charge in [-0.1, -0.05) is 25.8 Å². The SMILES string of the molecule is CCNC(=O)c1cccc(NC2CCCC(C)CC2)c1. The third kappa shape index (κ3) is 4.26. The monoisotopic (exact) mass is 274 g/mol. The molecule has 110 valence electrons. The molecule has 20 heavy (non-hydrogen) atoms. The van der Waals surface area contributed by atoms with Crippen LogP contribution in [-0.4, -0.2) is 18.5 Å². The fourth-order valence-corrected chi connectivity index (χ4v) is 2.88. The molecule has 2 atom stereocenters. The molecule has 1 aromatic carbocycles. The first-order chi connectivity index (χ1) is 9.69. The first-order valence-electron chi connectivity index (χ1n) is 7.84. The lowest BCUT2D eigenvalue weighted by Crippen LogP contribution is -2.23. The second-order valence-corrected chi connectivity index (χ2v) is 5.89. The van der Waals surface area contributed by atoms with Crippen molar-refractivity contribution in [3.05, 3.63) is 29.8 Å². The number of hydrogen-bond donors (Lipinski definition) is 2. The van der Waals surface area contributed by atoms with Gasteiger partial charge in [0, 0.05) is 23.8 Å². The van der Waals surface area contributed by atoms with E-state index in [0.717, 1.165) is 17.2 Å². The highest BCUT2D eigenvalue weighted by Gasteiger charge is 2.16. The molecule has 2 N–H and O–H groups in total. The number of carbonyl (C=O) groups is 1. The Balaban J connectivity index is 1.98. The predicted octanol–water partition coefficient (Wildman–Crippen LogP) is 3.82. The Morgan fingerprint density at radius 2 is 2.10 bits per heavy atom. The van der Waals surface area contributed by atoms with Crippen molar-refractivity contribution >= 4 is 11.6 Å². The summed E-state index contributed by atoms with van der Waals surface area (Å²) in [6.07, 6.45) is 6.40. The zero-order chi connectivity index (χ0) is 14.4. The molecule has 0 aromatic heterocycles. The predicted molar refractivity (Wildman–Crippen MR) is 84.1 cm³/mol. The largest absolute Gasteiger partial charge is 0.382 e. The van der Waals surface area contributed by atoms with Crippen LogP contribution in [0.3, 0.4) is 0 Å². The maximum Gasteiger partial charge on any atom is 0.251 e. The van der Waals surface area contributed by atoms with Gasteiger partial charge in [-0.3, -0.25) is 4.79 Å². The molecule has 1 saturated carbocycles. The highest BCUT2D eigenvalue weighted by molar-refractivity contribution is 5.95. The van der Waals surface area contributed by atoms with Crippen LogP contribution in [0.2, 0.25) is 0 Å². The fourth-order valence-electron chi connectivity index (χ4n) is 2.88. The van der Waals surface area contributed by atoms with E-state index >= 15 is 0 Å². The zero-order valence-electron chi connectivity index (χ0n) is 12.6. The van der Waals surface area contributed by atoms with E-state index in [1.165, 1.54) is 32.1 Å². The Kier molecular flexibility index (Phi) is 5.45. The van der Waals surface area contributed by atoms with E-state index in [1.807, 2.05) is 25.1 Å². The molecule has 0 heterocycles. The van der Waals surface area contributed by atoms with Gasteiger partial charge in [0.15, 0.2) is 0 Å². The van der Waals surface area contributed by atoms with Crippen molar-refractivity contribution in [2.75, 3.05) is 11.9 Å². The van der Waals surface area contributed by atoms with E-state index in [0.29, 0.717) is 12.6 Å². The van der Waals surface area contributed by atoms with Crippen LogP contribution in [0.25, 0.3) is 0 Å². The van der Waals surface area contributed by atoms with Gasteiger partial charge in [-0.15, -0.1) is 0 Å². The van der Waals surface area contributed by atoms with Gasteiger partial charge in [0.25, 0.3) is 5.91 Å². The van der Waals surface area contributed by atoms with E-state index in [4.69, 9.17) is 0 Å². The number of carbonyl (C=O) groups excluding carboxylic acids is 1. The van der Waals surface area contributed by atoms with E-state index in [-0.39, 0.29) is 5.91 Å². The zero-order valence-corrected chi connectivity index (χ0v) is 12.6. The van der Waals surface area contributed by atoms with E-state index < -0.39 is 0 Å². The van der Waals surface area contributed by atoms with Crippen LogP contribution in [-0.2, 0) is 0 Å². The number of amides is 1. The van der Waals surface area contributed by atoms with Crippen LogP contribution in [0.5, 0.6) is 0 Å². The Morgan fingerprint density at radius 3 is 2.90 bits per heavy atom. The molecule has 3 heteroatoms. The minimum atomic E-state index is 0.00522. The third-order valence-corrected chi connectivity index (χ3v) is 4.09. The third-order valence-electron chi connectivity index (χ3n) is 4.09. The van der Waals surface area contributed by atoms with Crippen molar-refractivity contribution in [2.24, 2.45) is 5.92 Å². The van der Waals surface area contributed by atoms with Gasteiger partial charge in [-0.25, -0.2) is 0 Å². The van der Waals surface area contributed by atoms with Crippen molar-refractivity contribution in [3.8, 4) is 0 Å². The summed E-state index contributed by atoms with van der Waals surface area (Å²) in [5.74, 6) is 0.856. The van der Waals surface area contributed by atoms with Crippen molar-refractivity contribution in [1.29, 1.82) is 0 Å². The summed E-state index contributed by atoms with van der Waals surface area (Å²) in [5.41, 5.74) is 1.80. The molecule has 3 nitrogen and oxygen atoms in total. The highest BCUT2D eigenvalue weighted by atomic mass is 16.1. The molecule has 0 radical (unpaired) electrons. The molecule has 2 rings (SSSR count). The van der Waals surface area contributed by atoms with E-state index in [2.05, 4.69) is 23.6 Å². The number of anilines is 1. The number of benzene rings is 1.